The highest BCUT2D eigenvalue weighted by Gasteiger charge is 2.32. The Morgan fingerprint density at radius 3 is 2.69 bits per heavy atom. The van der Waals surface area contributed by atoms with Gasteiger partial charge in [0.05, 0.1) is 16.1 Å². The van der Waals surface area contributed by atoms with Gasteiger partial charge in [-0.05, 0) is 49.4 Å². The summed E-state index contributed by atoms with van der Waals surface area (Å²) in [5.41, 5.74) is 3.72. The lowest BCUT2D eigenvalue weighted by atomic mass is 9.96. The van der Waals surface area contributed by atoms with Gasteiger partial charge in [-0.1, -0.05) is 47.7 Å². The van der Waals surface area contributed by atoms with Gasteiger partial charge in [0, 0.05) is 45.8 Å². The number of thiazole rings is 1. The molecule has 6 heteroatoms. The highest BCUT2D eigenvalue weighted by Crippen LogP contribution is 2.32. The summed E-state index contributed by atoms with van der Waals surface area (Å²) in [7, 11) is 0. The van der Waals surface area contributed by atoms with Crippen LogP contribution in [0.3, 0.4) is 0 Å². The normalized spacial score (nSPS) is 20.1. The summed E-state index contributed by atoms with van der Waals surface area (Å²) < 4.78 is 1.24. The molecule has 0 bridgehead atoms. The standard InChI is InChI=1S/C26H32N4OS/c1-20-9-10-23-24(18-20)32-26(27-23)30-12-5-8-22(19-30)25(31)29-16-14-28(15-17-29)13-11-21-6-3-2-4-7-21/h2-4,6-7,9-10,18,22H,5,8,11-17,19H2,1H3. The fourth-order valence-corrected chi connectivity index (χ4v) is 5.99. The van der Waals surface area contributed by atoms with Crippen molar-refractivity contribution in [3.05, 3.63) is 59.7 Å². The van der Waals surface area contributed by atoms with Gasteiger partial charge < -0.3 is 9.80 Å². The van der Waals surface area contributed by atoms with Gasteiger partial charge in [0.1, 0.15) is 0 Å². The van der Waals surface area contributed by atoms with E-state index >= 15 is 0 Å². The quantitative estimate of drug-likeness (QED) is 0.586. The Labute approximate surface area is 194 Å². The lowest BCUT2D eigenvalue weighted by Gasteiger charge is -2.39. The average molecular weight is 449 g/mol. The number of benzene rings is 2. The monoisotopic (exact) mass is 448 g/mol. The number of rotatable bonds is 5. The van der Waals surface area contributed by atoms with Gasteiger partial charge in [0.25, 0.3) is 0 Å². The summed E-state index contributed by atoms with van der Waals surface area (Å²) in [5.74, 6) is 0.433. The third kappa shape index (κ3) is 4.81. The first-order chi connectivity index (χ1) is 15.7. The number of piperidine rings is 1. The summed E-state index contributed by atoms with van der Waals surface area (Å²) in [6, 6.07) is 17.1. The maximum atomic E-state index is 13.3. The van der Waals surface area contributed by atoms with E-state index in [1.807, 2.05) is 0 Å². The molecule has 3 heterocycles. The molecule has 0 N–H and O–H groups in total. The van der Waals surface area contributed by atoms with Crippen LogP contribution in [0, 0.1) is 12.8 Å². The molecule has 3 aromatic rings. The minimum absolute atomic E-state index is 0.0911. The van der Waals surface area contributed by atoms with Crippen molar-refractivity contribution in [2.24, 2.45) is 5.92 Å². The van der Waals surface area contributed by atoms with E-state index in [2.05, 4.69) is 70.2 Å². The SMILES string of the molecule is Cc1ccc2nc(N3CCCC(C(=O)N4CCN(CCc5ccccc5)CC4)C3)sc2c1. The van der Waals surface area contributed by atoms with Gasteiger partial charge in [-0.25, -0.2) is 4.98 Å². The minimum atomic E-state index is 0.0911. The molecular formula is C26H32N4OS. The van der Waals surface area contributed by atoms with Crippen LogP contribution >= 0.6 is 11.3 Å². The summed E-state index contributed by atoms with van der Waals surface area (Å²) in [6.45, 7) is 8.64. The molecule has 2 fully saturated rings. The van der Waals surface area contributed by atoms with Crippen LogP contribution in [0.5, 0.6) is 0 Å². The zero-order valence-electron chi connectivity index (χ0n) is 18.9. The van der Waals surface area contributed by atoms with Crippen molar-refractivity contribution in [1.82, 2.24) is 14.8 Å². The lowest BCUT2D eigenvalue weighted by molar-refractivity contribution is -0.137. The fraction of sp³-hybridized carbons (Fsp3) is 0.462. The lowest BCUT2D eigenvalue weighted by Crippen LogP contribution is -2.52. The number of carbonyl (C=O) groups is 1. The molecule has 2 aliphatic heterocycles. The molecule has 5 rings (SSSR count). The van der Waals surface area contributed by atoms with E-state index in [4.69, 9.17) is 4.98 Å². The van der Waals surface area contributed by atoms with Gasteiger partial charge in [-0.2, -0.15) is 0 Å². The molecule has 0 aliphatic carbocycles. The molecule has 2 saturated heterocycles. The third-order valence-electron chi connectivity index (χ3n) is 6.82. The molecule has 1 atom stereocenters. The second-order valence-electron chi connectivity index (χ2n) is 9.16. The summed E-state index contributed by atoms with van der Waals surface area (Å²) in [5, 5.41) is 1.06. The first kappa shape index (κ1) is 21.4. The van der Waals surface area contributed by atoms with Crippen molar-refractivity contribution < 1.29 is 4.79 Å². The summed E-state index contributed by atoms with van der Waals surface area (Å²) >= 11 is 1.75. The van der Waals surface area contributed by atoms with Crippen molar-refractivity contribution in [3.8, 4) is 0 Å². The number of aryl methyl sites for hydroxylation is 1. The van der Waals surface area contributed by atoms with Crippen molar-refractivity contribution in [3.63, 3.8) is 0 Å². The molecule has 0 saturated carbocycles. The van der Waals surface area contributed by atoms with Crippen LogP contribution in [-0.2, 0) is 11.2 Å². The fourth-order valence-electron chi connectivity index (χ4n) is 4.89. The van der Waals surface area contributed by atoms with Gasteiger partial charge in [-0.3, -0.25) is 9.69 Å². The Hall–Kier alpha value is -2.44. The van der Waals surface area contributed by atoms with Crippen molar-refractivity contribution in [1.29, 1.82) is 0 Å². The number of amides is 1. The van der Waals surface area contributed by atoms with Crippen LogP contribution in [0.15, 0.2) is 48.5 Å². The average Bonchev–Trinajstić information content (AvgIpc) is 3.27. The molecule has 0 radical (unpaired) electrons. The molecule has 168 valence electrons. The van der Waals surface area contributed by atoms with E-state index in [0.717, 1.165) is 75.7 Å². The number of anilines is 1. The largest absolute Gasteiger partial charge is 0.347 e. The zero-order valence-corrected chi connectivity index (χ0v) is 19.7. The Kier molecular flexibility index (Phi) is 6.42. The molecule has 32 heavy (non-hydrogen) atoms. The molecule has 1 aromatic heterocycles. The zero-order chi connectivity index (χ0) is 21.9. The molecular weight excluding hydrogens is 416 g/mol. The van der Waals surface area contributed by atoms with E-state index < -0.39 is 0 Å². The Morgan fingerprint density at radius 2 is 1.88 bits per heavy atom. The van der Waals surface area contributed by atoms with E-state index in [9.17, 15) is 4.79 Å². The van der Waals surface area contributed by atoms with Crippen molar-refractivity contribution in [2.45, 2.75) is 26.2 Å². The van der Waals surface area contributed by atoms with Crippen LogP contribution in [0.4, 0.5) is 5.13 Å². The number of nitrogens with zero attached hydrogens (tertiary/aromatic N) is 4. The topological polar surface area (TPSA) is 39.7 Å². The van der Waals surface area contributed by atoms with Crippen LogP contribution in [0.2, 0.25) is 0 Å². The maximum absolute atomic E-state index is 13.3. The van der Waals surface area contributed by atoms with Crippen molar-refractivity contribution >= 4 is 32.6 Å². The van der Waals surface area contributed by atoms with Crippen molar-refractivity contribution in [2.75, 3.05) is 50.7 Å². The number of hydrogen-bond donors (Lipinski definition) is 0. The molecule has 0 spiro atoms. The number of hydrogen-bond acceptors (Lipinski definition) is 5. The molecule has 5 nitrogen and oxygen atoms in total. The smallest absolute Gasteiger partial charge is 0.227 e. The van der Waals surface area contributed by atoms with Crippen LogP contribution < -0.4 is 4.90 Å². The molecule has 1 amide bonds. The van der Waals surface area contributed by atoms with Crippen LogP contribution in [0.25, 0.3) is 10.2 Å². The second-order valence-corrected chi connectivity index (χ2v) is 10.2. The Bertz CT molecular complexity index is 1060. The van der Waals surface area contributed by atoms with E-state index in [0.29, 0.717) is 5.91 Å². The van der Waals surface area contributed by atoms with Crippen LogP contribution in [-0.4, -0.2) is 66.5 Å². The molecule has 1 unspecified atom stereocenters. The van der Waals surface area contributed by atoms with Gasteiger partial charge in [0.15, 0.2) is 5.13 Å². The number of carbonyl (C=O) groups excluding carboxylic acids is 1. The Balaban J connectivity index is 1.15. The first-order valence-corrected chi connectivity index (χ1v) is 12.6. The second kappa shape index (κ2) is 9.59. The highest BCUT2D eigenvalue weighted by atomic mass is 32.1. The van der Waals surface area contributed by atoms with Gasteiger partial charge in [0.2, 0.25) is 5.91 Å². The van der Waals surface area contributed by atoms with Gasteiger partial charge in [-0.15, -0.1) is 0 Å². The Morgan fingerprint density at radius 1 is 1.06 bits per heavy atom. The first-order valence-electron chi connectivity index (χ1n) is 11.8. The van der Waals surface area contributed by atoms with E-state index in [1.165, 1.54) is 15.8 Å². The minimum Gasteiger partial charge on any atom is -0.347 e. The predicted octanol–water partition coefficient (Wildman–Crippen LogP) is 4.21. The summed E-state index contributed by atoms with van der Waals surface area (Å²) in [6.07, 6.45) is 3.13. The molecule has 2 aliphatic rings. The number of piperazine rings is 1. The number of aromatic nitrogens is 1. The predicted molar refractivity (Wildman–Crippen MR) is 132 cm³/mol. The van der Waals surface area contributed by atoms with Crippen LogP contribution in [0.1, 0.15) is 24.0 Å². The van der Waals surface area contributed by atoms with E-state index in [1.54, 1.807) is 11.3 Å². The number of fused-ring (bicyclic) bond motifs is 1. The third-order valence-corrected chi connectivity index (χ3v) is 7.90. The summed E-state index contributed by atoms with van der Waals surface area (Å²) in [4.78, 5) is 25.1. The maximum Gasteiger partial charge on any atom is 0.227 e. The molecule has 2 aromatic carbocycles. The van der Waals surface area contributed by atoms with Gasteiger partial charge >= 0.3 is 0 Å². The highest BCUT2D eigenvalue weighted by molar-refractivity contribution is 7.22. The van der Waals surface area contributed by atoms with E-state index in [-0.39, 0.29) is 5.92 Å².